The molecule has 0 unspecified atom stereocenters. The molecule has 0 atom stereocenters. The Balaban J connectivity index is 2.35. The van der Waals surface area contributed by atoms with E-state index in [1.807, 2.05) is 0 Å². The number of ether oxygens (including phenoxy) is 1. The summed E-state index contributed by atoms with van der Waals surface area (Å²) in [5.41, 5.74) is -0.406. The Labute approximate surface area is 105 Å². The number of carbonyl (C=O) groups is 1. The van der Waals surface area contributed by atoms with Gasteiger partial charge in [0.15, 0.2) is 5.82 Å². The molecule has 1 aromatic heterocycles. The van der Waals surface area contributed by atoms with E-state index >= 15 is 0 Å². The van der Waals surface area contributed by atoms with Gasteiger partial charge in [0, 0.05) is 6.20 Å². The standard InChI is InChI=1S/C13H17F2NO2/c1-2-3-4-5-6-9-18-13(17)10-7-8-16-12(15)11(10)14/h7-8H,2-6,9H2,1H3. The zero-order valence-electron chi connectivity index (χ0n) is 10.4. The summed E-state index contributed by atoms with van der Waals surface area (Å²) in [4.78, 5) is 14.6. The number of aromatic nitrogens is 1. The molecule has 0 radical (unpaired) electrons. The zero-order valence-corrected chi connectivity index (χ0v) is 10.4. The smallest absolute Gasteiger partial charge is 0.341 e. The van der Waals surface area contributed by atoms with Gasteiger partial charge in [-0.1, -0.05) is 32.6 Å². The highest BCUT2D eigenvalue weighted by Gasteiger charge is 2.16. The maximum Gasteiger partial charge on any atom is 0.341 e. The first-order valence-electron chi connectivity index (χ1n) is 6.14. The van der Waals surface area contributed by atoms with Gasteiger partial charge in [0.25, 0.3) is 0 Å². The van der Waals surface area contributed by atoms with Crippen LogP contribution >= 0.6 is 0 Å². The molecule has 3 nitrogen and oxygen atoms in total. The minimum absolute atomic E-state index is 0.228. The minimum Gasteiger partial charge on any atom is -0.462 e. The fourth-order valence-electron chi connectivity index (χ4n) is 1.52. The summed E-state index contributed by atoms with van der Waals surface area (Å²) in [6.07, 6.45) is 6.12. The number of pyridine rings is 1. The molecule has 0 aliphatic rings. The van der Waals surface area contributed by atoms with Crippen molar-refractivity contribution in [3.05, 3.63) is 29.6 Å². The summed E-state index contributed by atoms with van der Waals surface area (Å²) in [7, 11) is 0. The number of rotatable bonds is 7. The third-order valence-corrected chi connectivity index (χ3v) is 2.55. The van der Waals surface area contributed by atoms with Crippen molar-refractivity contribution < 1.29 is 18.3 Å². The number of hydrogen-bond donors (Lipinski definition) is 0. The molecule has 0 N–H and O–H groups in total. The molecule has 0 saturated heterocycles. The van der Waals surface area contributed by atoms with Gasteiger partial charge in [-0.2, -0.15) is 4.39 Å². The van der Waals surface area contributed by atoms with Gasteiger partial charge in [-0.05, 0) is 12.5 Å². The number of hydrogen-bond acceptors (Lipinski definition) is 3. The third-order valence-electron chi connectivity index (χ3n) is 2.55. The van der Waals surface area contributed by atoms with Crippen LogP contribution in [0.5, 0.6) is 0 Å². The molecule has 0 bridgehead atoms. The van der Waals surface area contributed by atoms with Crippen molar-refractivity contribution in [3.8, 4) is 0 Å². The minimum atomic E-state index is -1.28. The molecule has 0 spiro atoms. The van der Waals surface area contributed by atoms with E-state index in [2.05, 4.69) is 11.9 Å². The van der Waals surface area contributed by atoms with Crippen LogP contribution in [-0.2, 0) is 4.74 Å². The van der Waals surface area contributed by atoms with Crippen LogP contribution in [0.3, 0.4) is 0 Å². The van der Waals surface area contributed by atoms with Crippen molar-refractivity contribution in [2.45, 2.75) is 39.0 Å². The molecule has 1 aromatic rings. The van der Waals surface area contributed by atoms with Crippen molar-refractivity contribution in [1.29, 1.82) is 0 Å². The fraction of sp³-hybridized carbons (Fsp3) is 0.538. The number of esters is 1. The topological polar surface area (TPSA) is 39.2 Å². The molecular formula is C13H17F2NO2. The SMILES string of the molecule is CCCCCCCOC(=O)c1ccnc(F)c1F. The second-order valence-corrected chi connectivity index (χ2v) is 4.01. The molecule has 0 fully saturated rings. The molecule has 100 valence electrons. The van der Waals surface area contributed by atoms with Crippen molar-refractivity contribution in [2.24, 2.45) is 0 Å². The molecule has 0 amide bonds. The average molecular weight is 257 g/mol. The van der Waals surface area contributed by atoms with Gasteiger partial charge in [-0.25, -0.2) is 14.2 Å². The summed E-state index contributed by atoms with van der Waals surface area (Å²) in [5.74, 6) is -3.38. The van der Waals surface area contributed by atoms with E-state index in [1.165, 1.54) is 0 Å². The molecular weight excluding hydrogens is 240 g/mol. The van der Waals surface area contributed by atoms with Gasteiger partial charge < -0.3 is 4.74 Å². The van der Waals surface area contributed by atoms with Crippen LogP contribution in [0.25, 0.3) is 0 Å². The van der Waals surface area contributed by atoms with E-state index in [4.69, 9.17) is 4.74 Å². The first-order chi connectivity index (χ1) is 8.66. The molecule has 0 saturated carbocycles. The lowest BCUT2D eigenvalue weighted by Gasteiger charge is -2.05. The molecule has 18 heavy (non-hydrogen) atoms. The molecule has 0 aromatic carbocycles. The van der Waals surface area contributed by atoms with E-state index in [0.717, 1.165) is 44.4 Å². The lowest BCUT2D eigenvalue weighted by Crippen LogP contribution is -2.10. The molecule has 1 heterocycles. The predicted molar refractivity (Wildman–Crippen MR) is 63.2 cm³/mol. The number of halogens is 2. The molecule has 0 aliphatic carbocycles. The van der Waals surface area contributed by atoms with E-state index < -0.39 is 23.3 Å². The summed E-state index contributed by atoms with van der Waals surface area (Å²) in [5, 5.41) is 0. The molecule has 1 rings (SSSR count). The Morgan fingerprint density at radius 2 is 2.00 bits per heavy atom. The highest BCUT2D eigenvalue weighted by molar-refractivity contribution is 5.89. The largest absolute Gasteiger partial charge is 0.462 e. The van der Waals surface area contributed by atoms with Crippen LogP contribution in [0.1, 0.15) is 49.4 Å². The van der Waals surface area contributed by atoms with E-state index in [9.17, 15) is 13.6 Å². The molecule has 0 aliphatic heterocycles. The highest BCUT2D eigenvalue weighted by Crippen LogP contribution is 2.11. The van der Waals surface area contributed by atoms with E-state index in [-0.39, 0.29) is 6.61 Å². The first-order valence-corrected chi connectivity index (χ1v) is 6.14. The van der Waals surface area contributed by atoms with E-state index in [1.54, 1.807) is 0 Å². The Morgan fingerprint density at radius 3 is 2.72 bits per heavy atom. The summed E-state index contributed by atoms with van der Waals surface area (Å²) < 4.78 is 30.8. The van der Waals surface area contributed by atoms with Gasteiger partial charge in [-0.3, -0.25) is 0 Å². The van der Waals surface area contributed by atoms with Crippen molar-refractivity contribution in [1.82, 2.24) is 4.98 Å². The van der Waals surface area contributed by atoms with Gasteiger partial charge >= 0.3 is 5.97 Å². The van der Waals surface area contributed by atoms with E-state index in [0.29, 0.717) is 0 Å². The third kappa shape index (κ3) is 4.39. The second-order valence-electron chi connectivity index (χ2n) is 4.01. The maximum atomic E-state index is 13.2. The lowest BCUT2D eigenvalue weighted by molar-refractivity contribution is 0.0490. The van der Waals surface area contributed by atoms with Crippen LogP contribution in [0, 0.1) is 11.8 Å². The van der Waals surface area contributed by atoms with Crippen molar-refractivity contribution in [2.75, 3.05) is 6.61 Å². The van der Waals surface area contributed by atoms with Gasteiger partial charge in [-0.15, -0.1) is 0 Å². The zero-order chi connectivity index (χ0) is 13.4. The van der Waals surface area contributed by atoms with Gasteiger partial charge in [0.1, 0.15) is 5.56 Å². The summed E-state index contributed by atoms with van der Waals surface area (Å²) >= 11 is 0. The Hall–Kier alpha value is -1.52. The van der Waals surface area contributed by atoms with Crippen LogP contribution < -0.4 is 0 Å². The first kappa shape index (κ1) is 14.5. The quantitative estimate of drug-likeness (QED) is 0.426. The van der Waals surface area contributed by atoms with Crippen LogP contribution in [-0.4, -0.2) is 17.6 Å². The number of unbranched alkanes of at least 4 members (excludes halogenated alkanes) is 4. The number of carbonyl (C=O) groups excluding carboxylic acids is 1. The Morgan fingerprint density at radius 1 is 1.28 bits per heavy atom. The maximum absolute atomic E-state index is 13.2. The van der Waals surface area contributed by atoms with Gasteiger partial charge in [0.2, 0.25) is 5.95 Å². The lowest BCUT2D eigenvalue weighted by atomic mass is 10.2. The number of nitrogens with zero attached hydrogens (tertiary/aromatic N) is 1. The van der Waals surface area contributed by atoms with Crippen LogP contribution in [0.15, 0.2) is 12.3 Å². The fourth-order valence-corrected chi connectivity index (χ4v) is 1.52. The van der Waals surface area contributed by atoms with Gasteiger partial charge in [0.05, 0.1) is 6.61 Å². The summed E-state index contributed by atoms with van der Waals surface area (Å²) in [6, 6.07) is 1.11. The highest BCUT2D eigenvalue weighted by atomic mass is 19.2. The van der Waals surface area contributed by atoms with Crippen LogP contribution in [0.2, 0.25) is 0 Å². The average Bonchev–Trinajstić information content (AvgIpc) is 2.36. The Kier molecular flexibility index (Phi) is 6.25. The normalized spacial score (nSPS) is 10.4. The van der Waals surface area contributed by atoms with Crippen LogP contribution in [0.4, 0.5) is 8.78 Å². The predicted octanol–water partition coefficient (Wildman–Crippen LogP) is 3.49. The summed E-state index contributed by atoms with van der Waals surface area (Å²) in [6.45, 7) is 2.34. The Bertz CT molecular complexity index is 397. The monoisotopic (exact) mass is 257 g/mol. The van der Waals surface area contributed by atoms with Crippen molar-refractivity contribution >= 4 is 5.97 Å². The second kappa shape index (κ2) is 7.74. The molecule has 5 heteroatoms. The van der Waals surface area contributed by atoms with Crippen molar-refractivity contribution in [3.63, 3.8) is 0 Å².